The van der Waals surface area contributed by atoms with E-state index < -0.39 is 0 Å². The monoisotopic (exact) mass is 284 g/mol. The van der Waals surface area contributed by atoms with E-state index in [0.717, 1.165) is 11.3 Å². The van der Waals surface area contributed by atoms with E-state index in [2.05, 4.69) is 0 Å². The van der Waals surface area contributed by atoms with Gasteiger partial charge < -0.3 is 15.4 Å². The number of carbonyl (C=O) groups is 1. The molecule has 4 heteroatoms. The van der Waals surface area contributed by atoms with Crippen LogP contribution in [0.5, 0.6) is 5.75 Å². The number of anilines is 2. The van der Waals surface area contributed by atoms with Crippen molar-refractivity contribution < 1.29 is 9.53 Å². The first-order valence-corrected chi connectivity index (χ1v) is 6.88. The van der Waals surface area contributed by atoms with E-state index in [9.17, 15) is 4.79 Å². The highest BCUT2D eigenvalue weighted by molar-refractivity contribution is 5.92. The van der Waals surface area contributed by atoms with Crippen LogP contribution in [0.4, 0.5) is 11.4 Å². The molecule has 4 nitrogen and oxygen atoms in total. The molecule has 0 bridgehead atoms. The number of rotatable bonds is 5. The molecule has 2 aromatic rings. The first kappa shape index (κ1) is 14.9. The van der Waals surface area contributed by atoms with Crippen LogP contribution in [-0.4, -0.2) is 19.6 Å². The molecule has 2 rings (SSSR count). The molecule has 0 fully saturated rings. The summed E-state index contributed by atoms with van der Waals surface area (Å²) in [6.07, 6.45) is 0.304. The van der Waals surface area contributed by atoms with Crippen molar-refractivity contribution in [3.63, 3.8) is 0 Å². The van der Waals surface area contributed by atoms with Gasteiger partial charge in [-0.25, -0.2) is 0 Å². The van der Waals surface area contributed by atoms with Gasteiger partial charge in [-0.2, -0.15) is 0 Å². The van der Waals surface area contributed by atoms with Gasteiger partial charge in [-0.3, -0.25) is 4.79 Å². The minimum Gasteiger partial charge on any atom is -0.491 e. The summed E-state index contributed by atoms with van der Waals surface area (Å²) in [5, 5.41) is 0. The van der Waals surface area contributed by atoms with Crippen LogP contribution in [0, 0.1) is 6.92 Å². The summed E-state index contributed by atoms with van der Waals surface area (Å²) in [6, 6.07) is 15.1. The molecule has 0 atom stereocenters. The Morgan fingerprint density at radius 1 is 1.19 bits per heavy atom. The molecule has 2 aromatic carbocycles. The van der Waals surface area contributed by atoms with Gasteiger partial charge in [-0.05, 0) is 36.8 Å². The Labute approximate surface area is 125 Å². The van der Waals surface area contributed by atoms with Crippen molar-refractivity contribution >= 4 is 17.3 Å². The quantitative estimate of drug-likeness (QED) is 0.859. The Morgan fingerprint density at radius 3 is 2.67 bits per heavy atom. The summed E-state index contributed by atoms with van der Waals surface area (Å²) in [4.78, 5) is 13.8. The second-order valence-electron chi connectivity index (χ2n) is 4.93. The van der Waals surface area contributed by atoms with Crippen LogP contribution < -0.4 is 15.4 Å². The van der Waals surface area contributed by atoms with Gasteiger partial charge in [0.2, 0.25) is 5.91 Å². The second-order valence-corrected chi connectivity index (χ2v) is 4.93. The number of benzene rings is 2. The summed E-state index contributed by atoms with van der Waals surface area (Å²) in [5.41, 5.74) is 8.38. The molecule has 0 unspecified atom stereocenters. The maximum atomic E-state index is 12.1. The number of carbonyl (C=O) groups excluding carboxylic acids is 1. The largest absolute Gasteiger partial charge is 0.491 e. The average molecular weight is 284 g/mol. The summed E-state index contributed by atoms with van der Waals surface area (Å²) in [7, 11) is 1.77. The van der Waals surface area contributed by atoms with Gasteiger partial charge in [-0.1, -0.05) is 24.3 Å². The lowest BCUT2D eigenvalue weighted by Crippen LogP contribution is -2.27. The minimum absolute atomic E-state index is 0.00935. The maximum absolute atomic E-state index is 12.1. The van der Waals surface area contributed by atoms with Crippen molar-refractivity contribution in [3.8, 4) is 5.75 Å². The second kappa shape index (κ2) is 6.79. The fraction of sp³-hybridized carbons (Fsp3) is 0.235. The van der Waals surface area contributed by atoms with E-state index in [1.165, 1.54) is 0 Å². The molecule has 0 heterocycles. The molecule has 2 N–H and O–H groups in total. The topological polar surface area (TPSA) is 55.6 Å². The zero-order valence-corrected chi connectivity index (χ0v) is 12.4. The van der Waals surface area contributed by atoms with Crippen LogP contribution in [-0.2, 0) is 4.79 Å². The van der Waals surface area contributed by atoms with Crippen molar-refractivity contribution in [3.05, 3.63) is 54.1 Å². The Balaban J connectivity index is 1.89. The maximum Gasteiger partial charge on any atom is 0.230 e. The molecule has 0 aromatic heterocycles. The SMILES string of the molecule is Cc1cccc(N(C)C(=O)CCOc2ccccc2N)c1. The van der Waals surface area contributed by atoms with Gasteiger partial charge in [0.05, 0.1) is 18.7 Å². The van der Waals surface area contributed by atoms with Gasteiger partial charge >= 0.3 is 0 Å². The Kier molecular flexibility index (Phi) is 4.82. The number of hydrogen-bond donors (Lipinski definition) is 1. The van der Waals surface area contributed by atoms with Crippen molar-refractivity contribution in [1.29, 1.82) is 0 Å². The smallest absolute Gasteiger partial charge is 0.230 e. The first-order chi connectivity index (χ1) is 10.1. The van der Waals surface area contributed by atoms with E-state index in [1.54, 1.807) is 24.1 Å². The summed E-state index contributed by atoms with van der Waals surface area (Å²) in [6.45, 7) is 2.31. The van der Waals surface area contributed by atoms with E-state index in [1.807, 2.05) is 43.3 Å². The lowest BCUT2D eigenvalue weighted by atomic mass is 10.2. The Bertz CT molecular complexity index is 626. The summed E-state index contributed by atoms with van der Waals surface area (Å²) < 4.78 is 5.54. The zero-order chi connectivity index (χ0) is 15.2. The zero-order valence-electron chi connectivity index (χ0n) is 12.4. The number of hydrogen-bond acceptors (Lipinski definition) is 3. The number of ether oxygens (including phenoxy) is 1. The van der Waals surface area contributed by atoms with Crippen molar-refractivity contribution in [2.24, 2.45) is 0 Å². The van der Waals surface area contributed by atoms with Crippen LogP contribution >= 0.6 is 0 Å². The average Bonchev–Trinajstić information content (AvgIpc) is 2.48. The van der Waals surface area contributed by atoms with Crippen LogP contribution in [0.1, 0.15) is 12.0 Å². The predicted molar refractivity (Wildman–Crippen MR) is 85.6 cm³/mol. The van der Waals surface area contributed by atoms with E-state index in [0.29, 0.717) is 24.5 Å². The van der Waals surface area contributed by atoms with Crippen molar-refractivity contribution in [2.45, 2.75) is 13.3 Å². The number of nitrogens with zero attached hydrogens (tertiary/aromatic N) is 1. The lowest BCUT2D eigenvalue weighted by molar-refractivity contribution is -0.118. The van der Waals surface area contributed by atoms with Gasteiger partial charge in [0, 0.05) is 12.7 Å². The van der Waals surface area contributed by atoms with E-state index in [-0.39, 0.29) is 5.91 Å². The van der Waals surface area contributed by atoms with Gasteiger partial charge in [0.15, 0.2) is 0 Å². The third-order valence-corrected chi connectivity index (χ3v) is 3.26. The highest BCUT2D eigenvalue weighted by Gasteiger charge is 2.11. The Morgan fingerprint density at radius 2 is 1.95 bits per heavy atom. The number of amides is 1. The molecule has 0 saturated carbocycles. The number of nitrogens with two attached hydrogens (primary N) is 1. The van der Waals surface area contributed by atoms with E-state index in [4.69, 9.17) is 10.5 Å². The van der Waals surface area contributed by atoms with Gasteiger partial charge in [0.25, 0.3) is 0 Å². The molecule has 21 heavy (non-hydrogen) atoms. The molecule has 1 amide bonds. The molecular weight excluding hydrogens is 264 g/mol. The minimum atomic E-state index is 0.00935. The fourth-order valence-corrected chi connectivity index (χ4v) is 2.01. The third kappa shape index (κ3) is 3.99. The van der Waals surface area contributed by atoms with Gasteiger partial charge in [0.1, 0.15) is 5.75 Å². The molecule has 0 aliphatic carbocycles. The normalized spacial score (nSPS) is 10.2. The Hall–Kier alpha value is -2.49. The van der Waals surface area contributed by atoms with Crippen LogP contribution in [0.3, 0.4) is 0 Å². The summed E-state index contributed by atoms with van der Waals surface area (Å²) in [5.74, 6) is 0.624. The fourth-order valence-electron chi connectivity index (χ4n) is 2.01. The van der Waals surface area contributed by atoms with Gasteiger partial charge in [-0.15, -0.1) is 0 Å². The molecule has 110 valence electrons. The molecular formula is C17H20N2O2. The lowest BCUT2D eigenvalue weighted by Gasteiger charge is -2.18. The number of para-hydroxylation sites is 2. The van der Waals surface area contributed by atoms with E-state index >= 15 is 0 Å². The summed E-state index contributed by atoms with van der Waals surface area (Å²) >= 11 is 0. The number of nitrogen functional groups attached to an aromatic ring is 1. The molecule has 0 spiro atoms. The molecule has 0 aliphatic heterocycles. The molecule has 0 saturated heterocycles. The van der Waals surface area contributed by atoms with Crippen LogP contribution in [0.15, 0.2) is 48.5 Å². The van der Waals surface area contributed by atoms with Crippen LogP contribution in [0.25, 0.3) is 0 Å². The third-order valence-electron chi connectivity index (χ3n) is 3.26. The standard InChI is InChI=1S/C17H20N2O2/c1-13-6-5-7-14(12-13)19(2)17(20)10-11-21-16-9-4-3-8-15(16)18/h3-9,12H,10-11,18H2,1-2H3. The molecule has 0 radical (unpaired) electrons. The van der Waals surface area contributed by atoms with Crippen molar-refractivity contribution in [1.82, 2.24) is 0 Å². The highest BCUT2D eigenvalue weighted by Crippen LogP contribution is 2.20. The molecule has 0 aliphatic rings. The van der Waals surface area contributed by atoms with Crippen molar-refractivity contribution in [2.75, 3.05) is 24.3 Å². The van der Waals surface area contributed by atoms with Crippen LogP contribution in [0.2, 0.25) is 0 Å². The predicted octanol–water partition coefficient (Wildman–Crippen LogP) is 3.01. The first-order valence-electron chi connectivity index (χ1n) is 6.88. The number of aryl methyl sites for hydroxylation is 1. The highest BCUT2D eigenvalue weighted by atomic mass is 16.5.